The van der Waals surface area contributed by atoms with Crippen LogP contribution in [0.2, 0.25) is 0 Å². The summed E-state index contributed by atoms with van der Waals surface area (Å²) in [7, 11) is 0. The Morgan fingerprint density at radius 3 is 2.60 bits per heavy atom. The van der Waals surface area contributed by atoms with Crippen LogP contribution in [0.1, 0.15) is 22.3 Å². The van der Waals surface area contributed by atoms with Crippen LogP contribution in [0.3, 0.4) is 0 Å². The molecule has 0 radical (unpaired) electrons. The Kier molecular flexibility index (Phi) is 3.71. The summed E-state index contributed by atoms with van der Waals surface area (Å²) in [5, 5.41) is 17.7. The van der Waals surface area contributed by atoms with Gasteiger partial charge in [-0.25, -0.2) is 15.4 Å². The molecule has 8 heteroatoms. The highest BCUT2D eigenvalue weighted by atomic mass is 16.5. The minimum atomic E-state index is -0.627. The highest BCUT2D eigenvalue weighted by Crippen LogP contribution is 2.36. The first-order valence-corrected chi connectivity index (χ1v) is 7.99. The third kappa shape index (κ3) is 2.64. The van der Waals surface area contributed by atoms with E-state index in [9.17, 15) is 4.79 Å². The average Bonchev–Trinajstić information content (AvgIpc) is 3.28. The lowest BCUT2D eigenvalue weighted by Crippen LogP contribution is -2.47. The van der Waals surface area contributed by atoms with Crippen LogP contribution >= 0.6 is 0 Å². The van der Waals surface area contributed by atoms with Crippen molar-refractivity contribution in [3.05, 3.63) is 47.8 Å². The third-order valence-electron chi connectivity index (χ3n) is 4.81. The van der Waals surface area contributed by atoms with Crippen molar-refractivity contribution < 1.29 is 10.0 Å². The first-order valence-electron chi connectivity index (χ1n) is 7.99. The monoisotopic (exact) mass is 336 g/mol. The lowest BCUT2D eigenvalue weighted by atomic mass is 10.2. The number of hydrogen-bond donors (Lipinski definition) is 2. The molecule has 2 aliphatic heterocycles. The van der Waals surface area contributed by atoms with Gasteiger partial charge in [-0.05, 0) is 24.6 Å². The van der Waals surface area contributed by atoms with Crippen molar-refractivity contribution in [2.45, 2.75) is 18.5 Å². The summed E-state index contributed by atoms with van der Waals surface area (Å²) in [6.07, 6.45) is 3.83. The van der Waals surface area contributed by atoms with Gasteiger partial charge in [0.2, 0.25) is 5.95 Å². The number of fused-ring (bicyclic) bond motifs is 2. The van der Waals surface area contributed by atoms with Gasteiger partial charge in [0.05, 0.1) is 23.2 Å². The smallest absolute Gasteiger partial charge is 0.277 e. The largest absolute Gasteiger partial charge is 0.365 e. The molecule has 8 nitrogen and oxygen atoms in total. The molecule has 1 aromatic carbocycles. The molecule has 4 rings (SSSR count). The van der Waals surface area contributed by atoms with E-state index in [4.69, 9.17) is 10.5 Å². The van der Waals surface area contributed by atoms with Crippen molar-refractivity contribution in [2.24, 2.45) is 0 Å². The molecule has 126 valence electrons. The van der Waals surface area contributed by atoms with Crippen LogP contribution in [-0.4, -0.2) is 46.3 Å². The van der Waals surface area contributed by atoms with Gasteiger partial charge >= 0.3 is 0 Å². The van der Waals surface area contributed by atoms with Gasteiger partial charge in [0.15, 0.2) is 0 Å². The van der Waals surface area contributed by atoms with Crippen LogP contribution in [0.15, 0.2) is 36.7 Å². The van der Waals surface area contributed by atoms with Crippen molar-refractivity contribution in [1.82, 2.24) is 15.4 Å². The second kappa shape index (κ2) is 6.03. The number of hydrogen-bond acceptors (Lipinski definition) is 7. The van der Waals surface area contributed by atoms with E-state index >= 15 is 0 Å². The maximum atomic E-state index is 11.3. The number of nitrogens with one attached hydrogen (secondary N) is 1. The number of nitrogens with zero attached hydrogens (tertiary/aromatic N) is 5. The fourth-order valence-corrected chi connectivity index (χ4v) is 3.63. The van der Waals surface area contributed by atoms with Crippen molar-refractivity contribution in [2.75, 3.05) is 22.9 Å². The minimum absolute atomic E-state index is 0.213. The fourth-order valence-electron chi connectivity index (χ4n) is 3.63. The highest BCUT2D eigenvalue weighted by Gasteiger charge is 2.44. The van der Waals surface area contributed by atoms with E-state index in [1.807, 2.05) is 24.3 Å². The molecule has 2 saturated heterocycles. The predicted octanol–water partition coefficient (Wildman–Crippen LogP) is 0.935. The van der Waals surface area contributed by atoms with Gasteiger partial charge in [-0.1, -0.05) is 6.07 Å². The summed E-state index contributed by atoms with van der Waals surface area (Å²) in [5.41, 5.74) is 3.52. The van der Waals surface area contributed by atoms with Gasteiger partial charge in [-0.3, -0.25) is 10.0 Å². The molecular weight excluding hydrogens is 320 g/mol. The summed E-state index contributed by atoms with van der Waals surface area (Å²) in [6.45, 7) is 1.65. The third-order valence-corrected chi connectivity index (χ3v) is 4.81. The lowest BCUT2D eigenvalue weighted by molar-refractivity contribution is 0.0705. The molecule has 0 unspecified atom stereocenters. The van der Waals surface area contributed by atoms with E-state index < -0.39 is 5.91 Å². The van der Waals surface area contributed by atoms with E-state index in [1.54, 1.807) is 5.48 Å². The highest BCUT2D eigenvalue weighted by molar-refractivity contribution is 5.92. The number of aromatic nitrogens is 2. The Morgan fingerprint density at radius 1 is 1.24 bits per heavy atom. The van der Waals surface area contributed by atoms with Gasteiger partial charge in [-0.2, -0.15) is 5.26 Å². The van der Waals surface area contributed by atoms with E-state index in [0.29, 0.717) is 23.6 Å². The maximum absolute atomic E-state index is 11.3. The SMILES string of the molecule is N#Cc1cccc(N2C[C@@H]3C[C@H]2CN3c2ncc(C(=O)NO)cn2)c1. The zero-order chi connectivity index (χ0) is 17.4. The van der Waals surface area contributed by atoms with Crippen molar-refractivity contribution in [1.29, 1.82) is 5.26 Å². The Morgan fingerprint density at radius 2 is 1.96 bits per heavy atom. The number of anilines is 2. The maximum Gasteiger partial charge on any atom is 0.277 e. The summed E-state index contributed by atoms with van der Waals surface area (Å²) >= 11 is 0. The normalized spacial score (nSPS) is 21.3. The summed E-state index contributed by atoms with van der Waals surface area (Å²) in [5.74, 6) is -0.0366. The molecule has 2 aliphatic rings. The number of amides is 1. The molecule has 2 aromatic rings. The van der Waals surface area contributed by atoms with Crippen molar-refractivity contribution in [3.63, 3.8) is 0 Å². The molecule has 0 spiro atoms. The van der Waals surface area contributed by atoms with E-state index in [-0.39, 0.29) is 5.56 Å². The number of nitriles is 1. The zero-order valence-corrected chi connectivity index (χ0v) is 13.3. The molecule has 25 heavy (non-hydrogen) atoms. The minimum Gasteiger partial charge on any atom is -0.365 e. The first kappa shape index (κ1) is 15.4. The van der Waals surface area contributed by atoms with Gasteiger partial charge in [0.25, 0.3) is 5.91 Å². The van der Waals surface area contributed by atoms with Gasteiger partial charge in [0, 0.05) is 37.2 Å². The van der Waals surface area contributed by atoms with Gasteiger partial charge in [0.1, 0.15) is 0 Å². The lowest BCUT2D eigenvalue weighted by Gasteiger charge is -2.35. The van der Waals surface area contributed by atoms with Crippen LogP contribution in [0.5, 0.6) is 0 Å². The van der Waals surface area contributed by atoms with E-state index in [0.717, 1.165) is 25.2 Å². The summed E-state index contributed by atoms with van der Waals surface area (Å²) < 4.78 is 0. The number of benzene rings is 1. The molecule has 0 aliphatic carbocycles. The zero-order valence-electron chi connectivity index (χ0n) is 13.3. The quantitative estimate of drug-likeness (QED) is 0.634. The fraction of sp³-hybridized carbons (Fsp3) is 0.294. The number of rotatable bonds is 3. The number of carbonyl (C=O) groups is 1. The molecule has 0 saturated carbocycles. The van der Waals surface area contributed by atoms with Gasteiger partial charge in [-0.15, -0.1) is 0 Å². The van der Waals surface area contributed by atoms with E-state index in [2.05, 4.69) is 25.8 Å². The molecule has 2 N–H and O–H groups in total. The Bertz CT molecular complexity index is 847. The van der Waals surface area contributed by atoms with Crippen molar-refractivity contribution >= 4 is 17.5 Å². The summed E-state index contributed by atoms with van der Waals surface area (Å²) in [6, 6.07) is 10.5. The molecule has 1 aromatic heterocycles. The molecule has 2 bridgehead atoms. The first-order chi connectivity index (χ1) is 12.2. The Hall–Kier alpha value is -3.18. The second-order valence-electron chi connectivity index (χ2n) is 6.22. The number of hydroxylamine groups is 1. The standard InChI is InChI=1S/C17H16N6O2/c18-6-11-2-1-3-13(4-11)22-9-15-5-14(22)10-23(15)17-19-7-12(8-20-17)16(24)21-25/h1-4,7-8,14-15,25H,5,9-10H2,(H,21,24)/t14-,15-/m0/s1. The molecular formula is C17H16N6O2. The van der Waals surface area contributed by atoms with Gasteiger partial charge < -0.3 is 9.80 Å². The Labute approximate surface area is 144 Å². The molecule has 3 heterocycles. The number of piperazine rings is 1. The summed E-state index contributed by atoms with van der Waals surface area (Å²) in [4.78, 5) is 24.3. The molecule has 2 fully saturated rings. The average molecular weight is 336 g/mol. The van der Waals surface area contributed by atoms with Crippen LogP contribution in [0.4, 0.5) is 11.6 Å². The molecule has 2 atom stereocenters. The van der Waals surface area contributed by atoms with Crippen LogP contribution < -0.4 is 15.3 Å². The number of carbonyl (C=O) groups excluding carboxylic acids is 1. The predicted molar refractivity (Wildman–Crippen MR) is 89.3 cm³/mol. The topological polar surface area (TPSA) is 105 Å². The Balaban J connectivity index is 1.49. The van der Waals surface area contributed by atoms with Crippen molar-refractivity contribution in [3.8, 4) is 6.07 Å². The molecule has 1 amide bonds. The van der Waals surface area contributed by atoms with Crippen LogP contribution in [0, 0.1) is 11.3 Å². The van der Waals surface area contributed by atoms with Crippen LogP contribution in [0.25, 0.3) is 0 Å². The second-order valence-corrected chi connectivity index (χ2v) is 6.22. The van der Waals surface area contributed by atoms with E-state index in [1.165, 1.54) is 12.4 Å². The van der Waals surface area contributed by atoms with Crippen LogP contribution in [-0.2, 0) is 0 Å².